The summed E-state index contributed by atoms with van der Waals surface area (Å²) in [6, 6.07) is 0. The van der Waals surface area contributed by atoms with Crippen LogP contribution in [0.15, 0.2) is 12.7 Å². The molecule has 4 heterocycles. The van der Waals surface area contributed by atoms with Gasteiger partial charge in [0, 0.05) is 32.7 Å². The van der Waals surface area contributed by atoms with Gasteiger partial charge in [-0.1, -0.05) is 13.3 Å². The van der Waals surface area contributed by atoms with E-state index < -0.39 is 0 Å². The van der Waals surface area contributed by atoms with E-state index in [0.717, 1.165) is 62.7 Å². The van der Waals surface area contributed by atoms with Gasteiger partial charge in [-0.05, 0) is 45.4 Å². The number of imidazole rings is 1. The summed E-state index contributed by atoms with van der Waals surface area (Å²) in [5.41, 5.74) is 1.93. The average Bonchev–Trinajstić information content (AvgIpc) is 3.12. The summed E-state index contributed by atoms with van der Waals surface area (Å²) in [5.74, 6) is 1.00. The lowest BCUT2D eigenvalue weighted by atomic mass is 10.1. The fourth-order valence-corrected chi connectivity index (χ4v) is 4.19. The number of aryl methyl sites for hydroxylation is 1. The molecular weight excluding hydrogens is 326 g/mol. The lowest BCUT2D eigenvalue weighted by molar-refractivity contribution is 0.223. The van der Waals surface area contributed by atoms with Crippen LogP contribution in [-0.2, 0) is 6.54 Å². The smallest absolute Gasteiger partial charge is 0.165 e. The van der Waals surface area contributed by atoms with Gasteiger partial charge in [0.05, 0.1) is 6.33 Å². The molecular formula is C19H31N7. The van der Waals surface area contributed by atoms with Gasteiger partial charge in [0.2, 0.25) is 0 Å². The summed E-state index contributed by atoms with van der Waals surface area (Å²) in [4.78, 5) is 21.2. The van der Waals surface area contributed by atoms with Crippen molar-refractivity contribution in [3.63, 3.8) is 0 Å². The van der Waals surface area contributed by atoms with Crippen molar-refractivity contribution < 1.29 is 0 Å². The van der Waals surface area contributed by atoms with Gasteiger partial charge in [-0.2, -0.15) is 0 Å². The predicted octanol–water partition coefficient (Wildman–Crippen LogP) is 1.84. The van der Waals surface area contributed by atoms with Crippen LogP contribution in [0.25, 0.3) is 11.2 Å². The zero-order valence-electron chi connectivity index (χ0n) is 16.0. The Balaban J connectivity index is 1.41. The predicted molar refractivity (Wildman–Crippen MR) is 105 cm³/mol. The molecule has 2 aliphatic rings. The molecule has 0 spiro atoms. The minimum atomic E-state index is 0.954. The highest BCUT2D eigenvalue weighted by Gasteiger charge is 2.21. The molecule has 26 heavy (non-hydrogen) atoms. The number of likely N-dealkylation sites (tertiary alicyclic amines) is 1. The standard InChI is InChI=1S/C19H31N7/c1-2-23-11-13-25(14-12-23)18-17-19(21-15-20-18)26(16-22-17)10-6-9-24-7-4-3-5-8-24/h15-16H,2-14H2,1H3. The normalized spacial score (nSPS) is 20.1. The van der Waals surface area contributed by atoms with E-state index in [4.69, 9.17) is 0 Å². The molecule has 2 aromatic heterocycles. The van der Waals surface area contributed by atoms with Gasteiger partial charge in [0.1, 0.15) is 6.33 Å². The Labute approximate surface area is 156 Å². The summed E-state index contributed by atoms with van der Waals surface area (Å²) in [7, 11) is 0. The Morgan fingerprint density at radius 2 is 1.65 bits per heavy atom. The number of anilines is 1. The Morgan fingerprint density at radius 3 is 2.42 bits per heavy atom. The van der Waals surface area contributed by atoms with Crippen LogP contribution in [-0.4, -0.2) is 81.7 Å². The summed E-state index contributed by atoms with van der Waals surface area (Å²) >= 11 is 0. The molecule has 142 valence electrons. The van der Waals surface area contributed by atoms with E-state index in [1.807, 2.05) is 6.33 Å². The number of hydrogen-bond acceptors (Lipinski definition) is 6. The average molecular weight is 358 g/mol. The van der Waals surface area contributed by atoms with Crippen LogP contribution >= 0.6 is 0 Å². The molecule has 7 nitrogen and oxygen atoms in total. The van der Waals surface area contributed by atoms with Crippen molar-refractivity contribution in [2.45, 2.75) is 39.2 Å². The number of hydrogen-bond donors (Lipinski definition) is 0. The Morgan fingerprint density at radius 1 is 0.846 bits per heavy atom. The second-order valence-electron chi connectivity index (χ2n) is 7.48. The zero-order valence-corrected chi connectivity index (χ0v) is 16.0. The van der Waals surface area contributed by atoms with Crippen molar-refractivity contribution in [3.8, 4) is 0 Å². The number of nitrogens with zero attached hydrogens (tertiary/aromatic N) is 7. The number of aromatic nitrogens is 4. The van der Waals surface area contributed by atoms with Gasteiger partial charge >= 0.3 is 0 Å². The van der Waals surface area contributed by atoms with E-state index in [9.17, 15) is 0 Å². The molecule has 2 saturated heterocycles. The van der Waals surface area contributed by atoms with Crippen LogP contribution in [0.2, 0.25) is 0 Å². The number of piperazine rings is 1. The van der Waals surface area contributed by atoms with Crippen molar-refractivity contribution in [2.75, 3.05) is 57.3 Å². The third-order valence-corrected chi connectivity index (χ3v) is 5.82. The highest BCUT2D eigenvalue weighted by molar-refractivity contribution is 5.83. The number of rotatable bonds is 6. The Bertz CT molecular complexity index is 699. The molecule has 0 aliphatic carbocycles. The molecule has 7 heteroatoms. The van der Waals surface area contributed by atoms with E-state index >= 15 is 0 Å². The molecule has 0 atom stereocenters. The maximum absolute atomic E-state index is 4.67. The van der Waals surface area contributed by atoms with Gasteiger partial charge < -0.3 is 19.3 Å². The molecule has 0 saturated carbocycles. The van der Waals surface area contributed by atoms with E-state index in [1.165, 1.54) is 38.9 Å². The highest BCUT2D eigenvalue weighted by Crippen LogP contribution is 2.22. The van der Waals surface area contributed by atoms with E-state index in [0.29, 0.717) is 0 Å². The molecule has 2 fully saturated rings. The van der Waals surface area contributed by atoms with E-state index in [1.54, 1.807) is 6.33 Å². The second kappa shape index (κ2) is 8.31. The third kappa shape index (κ3) is 3.83. The second-order valence-corrected chi connectivity index (χ2v) is 7.48. The maximum Gasteiger partial charge on any atom is 0.165 e. The first-order chi connectivity index (χ1) is 12.8. The maximum atomic E-state index is 4.67. The first-order valence-electron chi connectivity index (χ1n) is 10.2. The van der Waals surface area contributed by atoms with Gasteiger partial charge in [0.15, 0.2) is 17.0 Å². The molecule has 0 unspecified atom stereocenters. The van der Waals surface area contributed by atoms with E-state index in [2.05, 4.69) is 41.1 Å². The van der Waals surface area contributed by atoms with Gasteiger partial charge in [0.25, 0.3) is 0 Å². The van der Waals surface area contributed by atoms with Crippen LogP contribution in [0.5, 0.6) is 0 Å². The van der Waals surface area contributed by atoms with Crippen molar-refractivity contribution in [1.82, 2.24) is 29.3 Å². The number of piperidine rings is 1. The first kappa shape index (κ1) is 17.7. The van der Waals surface area contributed by atoms with Crippen LogP contribution in [0.1, 0.15) is 32.6 Å². The molecule has 0 aromatic carbocycles. The van der Waals surface area contributed by atoms with Crippen molar-refractivity contribution in [1.29, 1.82) is 0 Å². The molecule has 0 amide bonds. The fraction of sp³-hybridized carbons (Fsp3) is 0.737. The minimum Gasteiger partial charge on any atom is -0.352 e. The number of fused-ring (bicyclic) bond motifs is 1. The Kier molecular flexibility index (Phi) is 5.65. The summed E-state index contributed by atoms with van der Waals surface area (Å²) < 4.78 is 2.20. The SMILES string of the molecule is CCN1CCN(c2ncnc3c2ncn3CCCN2CCCCC2)CC1. The summed E-state index contributed by atoms with van der Waals surface area (Å²) in [6.45, 7) is 12.3. The molecule has 2 aromatic rings. The number of likely N-dealkylation sites (N-methyl/N-ethyl adjacent to an activating group) is 1. The Hall–Kier alpha value is -1.73. The topological polar surface area (TPSA) is 53.3 Å². The molecule has 0 bridgehead atoms. The quantitative estimate of drug-likeness (QED) is 0.786. The minimum absolute atomic E-state index is 0.954. The molecule has 0 N–H and O–H groups in total. The molecule has 0 radical (unpaired) electrons. The van der Waals surface area contributed by atoms with E-state index in [-0.39, 0.29) is 0 Å². The third-order valence-electron chi connectivity index (χ3n) is 5.82. The fourth-order valence-electron chi connectivity index (χ4n) is 4.19. The van der Waals surface area contributed by atoms with Crippen molar-refractivity contribution >= 4 is 17.0 Å². The van der Waals surface area contributed by atoms with Gasteiger partial charge in [-0.25, -0.2) is 15.0 Å². The lowest BCUT2D eigenvalue weighted by Crippen LogP contribution is -2.46. The van der Waals surface area contributed by atoms with Crippen LogP contribution in [0, 0.1) is 0 Å². The van der Waals surface area contributed by atoms with Gasteiger partial charge in [-0.15, -0.1) is 0 Å². The molecule has 2 aliphatic heterocycles. The first-order valence-corrected chi connectivity index (χ1v) is 10.2. The molecule has 4 rings (SSSR count). The highest BCUT2D eigenvalue weighted by atomic mass is 15.3. The monoisotopic (exact) mass is 357 g/mol. The van der Waals surface area contributed by atoms with Crippen LogP contribution < -0.4 is 4.90 Å². The summed E-state index contributed by atoms with van der Waals surface area (Å²) in [6.07, 6.45) is 8.91. The van der Waals surface area contributed by atoms with Crippen LogP contribution in [0.3, 0.4) is 0 Å². The van der Waals surface area contributed by atoms with Crippen molar-refractivity contribution in [3.05, 3.63) is 12.7 Å². The largest absolute Gasteiger partial charge is 0.352 e. The summed E-state index contributed by atoms with van der Waals surface area (Å²) in [5, 5.41) is 0. The van der Waals surface area contributed by atoms with Crippen LogP contribution in [0.4, 0.5) is 5.82 Å². The zero-order chi connectivity index (χ0) is 17.8. The van der Waals surface area contributed by atoms with Crippen molar-refractivity contribution in [2.24, 2.45) is 0 Å². The lowest BCUT2D eigenvalue weighted by Gasteiger charge is -2.34. The van der Waals surface area contributed by atoms with Gasteiger partial charge in [-0.3, -0.25) is 0 Å².